The van der Waals surface area contributed by atoms with Gasteiger partial charge in [0.15, 0.2) is 5.79 Å². The van der Waals surface area contributed by atoms with Crippen molar-refractivity contribution in [1.29, 1.82) is 0 Å². The molecule has 0 fully saturated rings. The summed E-state index contributed by atoms with van der Waals surface area (Å²) in [7, 11) is 0. The lowest BCUT2D eigenvalue weighted by atomic mass is 10.2. The molecule has 0 heterocycles. The van der Waals surface area contributed by atoms with Gasteiger partial charge in [-0.25, -0.2) is 4.79 Å². The molecule has 0 aliphatic carbocycles. The predicted octanol–water partition coefficient (Wildman–Crippen LogP) is 1.01. The second-order valence-electron chi connectivity index (χ2n) is 5.62. The molecule has 0 bridgehead atoms. The van der Waals surface area contributed by atoms with E-state index in [-0.39, 0.29) is 13.2 Å². The van der Waals surface area contributed by atoms with E-state index in [2.05, 4.69) is 5.32 Å². The minimum atomic E-state index is -1.21. The van der Waals surface area contributed by atoms with Crippen LogP contribution in [-0.2, 0) is 9.47 Å². The van der Waals surface area contributed by atoms with Crippen LogP contribution in [0, 0.1) is 0 Å². The van der Waals surface area contributed by atoms with Crippen molar-refractivity contribution in [3.8, 4) is 0 Å². The van der Waals surface area contributed by atoms with Gasteiger partial charge in [-0.15, -0.1) is 0 Å². The van der Waals surface area contributed by atoms with E-state index in [9.17, 15) is 15.0 Å². The third-order valence-corrected chi connectivity index (χ3v) is 1.79. The molecule has 0 aromatic rings. The molecule has 0 aliphatic rings. The number of aliphatic hydroxyl groups is 2. The topological polar surface area (TPSA) is 88.0 Å². The quantitative estimate of drug-likeness (QED) is 0.622. The van der Waals surface area contributed by atoms with Gasteiger partial charge < -0.3 is 25.0 Å². The van der Waals surface area contributed by atoms with Gasteiger partial charge >= 0.3 is 6.09 Å². The minimum Gasteiger partial charge on any atom is -0.444 e. The second-order valence-corrected chi connectivity index (χ2v) is 5.62. The van der Waals surface area contributed by atoms with Crippen molar-refractivity contribution in [2.75, 3.05) is 13.2 Å². The summed E-state index contributed by atoms with van der Waals surface area (Å²) in [5.74, 6) is -1.21. The molecule has 6 heteroatoms. The third-order valence-electron chi connectivity index (χ3n) is 1.79. The number of alkyl carbamates (subject to hydrolysis) is 1. The molecular weight excluding hydrogens is 238 g/mol. The standard InChI is InChI=1S/C12H25NO5/c1-11(2,3)18-10(15)13-8-9(14)6-7-17-12(4,5)16/h9,14,16H,6-8H2,1-5H3,(H,13,15)/t9-/m1/s1. The number of carbonyl (C=O) groups is 1. The first-order valence-corrected chi connectivity index (χ1v) is 6.01. The molecular formula is C12H25NO5. The summed E-state index contributed by atoms with van der Waals surface area (Å²) in [6.45, 7) is 8.61. The highest BCUT2D eigenvalue weighted by Gasteiger charge is 2.17. The van der Waals surface area contributed by atoms with Crippen LogP contribution in [0.25, 0.3) is 0 Å². The van der Waals surface area contributed by atoms with Crippen LogP contribution in [0.2, 0.25) is 0 Å². The molecule has 1 atom stereocenters. The first kappa shape index (κ1) is 17.2. The summed E-state index contributed by atoms with van der Waals surface area (Å²) in [5, 5.41) is 21.3. The summed E-state index contributed by atoms with van der Waals surface area (Å²) in [6, 6.07) is 0. The van der Waals surface area contributed by atoms with E-state index in [1.807, 2.05) is 0 Å². The Balaban J connectivity index is 3.71. The smallest absolute Gasteiger partial charge is 0.407 e. The van der Waals surface area contributed by atoms with Crippen molar-refractivity contribution >= 4 is 6.09 Å². The lowest BCUT2D eigenvalue weighted by molar-refractivity contribution is -0.179. The molecule has 0 radical (unpaired) electrons. The van der Waals surface area contributed by atoms with Crippen molar-refractivity contribution in [3.05, 3.63) is 0 Å². The van der Waals surface area contributed by atoms with Gasteiger partial charge in [0.1, 0.15) is 5.60 Å². The van der Waals surface area contributed by atoms with E-state index in [1.54, 1.807) is 20.8 Å². The van der Waals surface area contributed by atoms with Crippen LogP contribution in [0.4, 0.5) is 4.79 Å². The number of hydrogen-bond donors (Lipinski definition) is 3. The Bertz CT molecular complexity index is 254. The number of ether oxygens (including phenoxy) is 2. The maximum absolute atomic E-state index is 11.3. The van der Waals surface area contributed by atoms with Crippen molar-refractivity contribution in [2.45, 2.75) is 58.5 Å². The van der Waals surface area contributed by atoms with E-state index < -0.39 is 23.6 Å². The summed E-state index contributed by atoms with van der Waals surface area (Å²) in [6.07, 6.45) is -0.982. The zero-order valence-electron chi connectivity index (χ0n) is 11.8. The monoisotopic (exact) mass is 263 g/mol. The van der Waals surface area contributed by atoms with E-state index >= 15 is 0 Å². The predicted molar refractivity (Wildman–Crippen MR) is 67.1 cm³/mol. The maximum atomic E-state index is 11.3. The van der Waals surface area contributed by atoms with Crippen LogP contribution >= 0.6 is 0 Å². The largest absolute Gasteiger partial charge is 0.444 e. The van der Waals surface area contributed by atoms with Crippen molar-refractivity contribution in [3.63, 3.8) is 0 Å². The molecule has 1 amide bonds. The number of aliphatic hydroxyl groups excluding tert-OH is 1. The van der Waals surface area contributed by atoms with Gasteiger partial charge in [-0.1, -0.05) is 0 Å². The van der Waals surface area contributed by atoms with Gasteiger partial charge in [0.05, 0.1) is 12.7 Å². The Morgan fingerprint density at radius 2 is 1.83 bits per heavy atom. The molecule has 3 N–H and O–H groups in total. The van der Waals surface area contributed by atoms with Gasteiger partial charge in [0.2, 0.25) is 0 Å². The fourth-order valence-electron chi connectivity index (χ4n) is 1.06. The lowest BCUT2D eigenvalue weighted by Crippen LogP contribution is -2.37. The third kappa shape index (κ3) is 11.6. The highest BCUT2D eigenvalue weighted by atomic mass is 16.6. The molecule has 0 spiro atoms. The zero-order chi connectivity index (χ0) is 14.4. The van der Waals surface area contributed by atoms with E-state index in [1.165, 1.54) is 13.8 Å². The number of carbonyl (C=O) groups excluding carboxylic acids is 1. The number of amides is 1. The van der Waals surface area contributed by atoms with Crippen LogP contribution in [0.5, 0.6) is 0 Å². The first-order valence-electron chi connectivity index (χ1n) is 6.01. The van der Waals surface area contributed by atoms with Gasteiger partial charge in [0.25, 0.3) is 0 Å². The average Bonchev–Trinajstić information content (AvgIpc) is 2.09. The summed E-state index contributed by atoms with van der Waals surface area (Å²) >= 11 is 0. The summed E-state index contributed by atoms with van der Waals surface area (Å²) < 4.78 is 10.1. The number of hydrogen-bond acceptors (Lipinski definition) is 5. The summed E-state index contributed by atoms with van der Waals surface area (Å²) in [4.78, 5) is 11.3. The zero-order valence-corrected chi connectivity index (χ0v) is 11.8. The first-order chi connectivity index (χ1) is 7.99. The van der Waals surface area contributed by atoms with Gasteiger partial charge in [-0.2, -0.15) is 0 Å². The SMILES string of the molecule is CC(C)(C)OC(=O)NC[C@H](O)CCOC(C)(C)O. The fraction of sp³-hybridized carbons (Fsp3) is 0.917. The molecule has 6 nitrogen and oxygen atoms in total. The molecule has 0 aliphatic heterocycles. The molecule has 18 heavy (non-hydrogen) atoms. The van der Waals surface area contributed by atoms with Crippen LogP contribution in [-0.4, -0.2) is 47.0 Å². The van der Waals surface area contributed by atoms with E-state index in [4.69, 9.17) is 9.47 Å². The van der Waals surface area contributed by atoms with Crippen molar-refractivity contribution in [2.24, 2.45) is 0 Å². The molecule has 0 unspecified atom stereocenters. The van der Waals surface area contributed by atoms with Crippen LogP contribution in [0.3, 0.4) is 0 Å². The number of rotatable bonds is 6. The van der Waals surface area contributed by atoms with E-state index in [0.717, 1.165) is 0 Å². The highest BCUT2D eigenvalue weighted by Crippen LogP contribution is 2.07. The normalized spacial score (nSPS) is 14.2. The van der Waals surface area contributed by atoms with Crippen LogP contribution in [0.1, 0.15) is 41.0 Å². The molecule has 0 aromatic carbocycles. The highest BCUT2D eigenvalue weighted by molar-refractivity contribution is 5.67. The van der Waals surface area contributed by atoms with E-state index in [0.29, 0.717) is 6.42 Å². The molecule has 0 saturated carbocycles. The Morgan fingerprint density at radius 3 is 2.28 bits per heavy atom. The lowest BCUT2D eigenvalue weighted by Gasteiger charge is -2.21. The van der Waals surface area contributed by atoms with Gasteiger partial charge in [0, 0.05) is 6.54 Å². The Labute approximate surface area is 108 Å². The Kier molecular flexibility index (Phi) is 6.59. The summed E-state index contributed by atoms with van der Waals surface area (Å²) in [5.41, 5.74) is -0.556. The Morgan fingerprint density at radius 1 is 1.28 bits per heavy atom. The average molecular weight is 263 g/mol. The van der Waals surface area contributed by atoms with Crippen LogP contribution < -0.4 is 5.32 Å². The minimum absolute atomic E-state index is 0.0874. The number of nitrogens with one attached hydrogen (secondary N) is 1. The van der Waals surface area contributed by atoms with Gasteiger partial charge in [-0.3, -0.25) is 0 Å². The second kappa shape index (κ2) is 6.92. The maximum Gasteiger partial charge on any atom is 0.407 e. The molecule has 0 rings (SSSR count). The fourth-order valence-corrected chi connectivity index (χ4v) is 1.06. The van der Waals surface area contributed by atoms with Crippen LogP contribution in [0.15, 0.2) is 0 Å². The van der Waals surface area contributed by atoms with Crippen molar-refractivity contribution < 1.29 is 24.5 Å². The molecule has 108 valence electrons. The molecule has 0 aromatic heterocycles. The van der Waals surface area contributed by atoms with Crippen molar-refractivity contribution in [1.82, 2.24) is 5.32 Å². The Hall–Kier alpha value is -0.850. The molecule has 0 saturated heterocycles. The van der Waals surface area contributed by atoms with Gasteiger partial charge in [-0.05, 0) is 41.0 Å².